The van der Waals surface area contributed by atoms with Gasteiger partial charge in [-0.3, -0.25) is 0 Å². The fourth-order valence-electron chi connectivity index (χ4n) is 4.02. The molecule has 1 aromatic carbocycles. The molecular formula is C16H21NO2. The summed E-state index contributed by atoms with van der Waals surface area (Å²) < 4.78 is 11.4. The van der Waals surface area contributed by atoms with Crippen LogP contribution >= 0.6 is 0 Å². The first kappa shape index (κ1) is 11.6. The summed E-state index contributed by atoms with van der Waals surface area (Å²) in [6, 6.07) is 6.41. The number of rotatable bonds is 2. The van der Waals surface area contributed by atoms with Crippen molar-refractivity contribution in [2.24, 2.45) is 23.5 Å². The van der Waals surface area contributed by atoms with Crippen LogP contribution in [0, 0.1) is 17.8 Å². The van der Waals surface area contributed by atoms with Crippen LogP contribution in [0.15, 0.2) is 18.2 Å². The maximum Gasteiger partial charge on any atom is 0.161 e. The zero-order valence-electron chi connectivity index (χ0n) is 11.2. The number of hydrogen-bond acceptors (Lipinski definition) is 3. The Bertz CT molecular complexity index is 478. The Morgan fingerprint density at radius 1 is 1.00 bits per heavy atom. The van der Waals surface area contributed by atoms with Gasteiger partial charge < -0.3 is 15.2 Å². The van der Waals surface area contributed by atoms with E-state index in [1.165, 1.54) is 24.8 Å². The maximum absolute atomic E-state index is 6.47. The van der Waals surface area contributed by atoms with Crippen molar-refractivity contribution in [2.45, 2.75) is 31.7 Å². The minimum Gasteiger partial charge on any atom is -0.490 e. The first-order valence-corrected chi connectivity index (χ1v) is 7.50. The zero-order valence-corrected chi connectivity index (χ0v) is 11.2. The number of hydrogen-bond donors (Lipinski definition) is 1. The quantitative estimate of drug-likeness (QED) is 0.888. The fourth-order valence-corrected chi connectivity index (χ4v) is 4.02. The van der Waals surface area contributed by atoms with Crippen LogP contribution in [0.1, 0.15) is 37.3 Å². The number of fused-ring (bicyclic) bond motifs is 2. The van der Waals surface area contributed by atoms with E-state index >= 15 is 0 Å². The third-order valence-electron chi connectivity index (χ3n) is 5.04. The predicted octanol–water partition coefficient (Wildman–Crippen LogP) is 2.89. The monoisotopic (exact) mass is 259 g/mol. The lowest BCUT2D eigenvalue weighted by atomic mass is 9.97. The molecule has 0 spiro atoms. The van der Waals surface area contributed by atoms with Gasteiger partial charge in [-0.25, -0.2) is 0 Å². The van der Waals surface area contributed by atoms with Gasteiger partial charge in [-0.15, -0.1) is 0 Å². The summed E-state index contributed by atoms with van der Waals surface area (Å²) in [5.74, 6) is 4.23. The summed E-state index contributed by atoms with van der Waals surface area (Å²) in [5.41, 5.74) is 7.68. The molecule has 3 nitrogen and oxygen atoms in total. The molecule has 0 saturated heterocycles. The van der Waals surface area contributed by atoms with E-state index in [-0.39, 0.29) is 6.04 Å². The Hall–Kier alpha value is -1.22. The minimum atomic E-state index is 0.174. The summed E-state index contributed by atoms with van der Waals surface area (Å²) in [6.07, 6.45) is 5.11. The molecule has 102 valence electrons. The number of ether oxygens (including phenoxy) is 2. The summed E-state index contributed by atoms with van der Waals surface area (Å²) in [4.78, 5) is 0. The molecule has 3 unspecified atom stereocenters. The molecule has 3 heteroatoms. The van der Waals surface area contributed by atoms with Crippen LogP contribution in [0.25, 0.3) is 0 Å². The highest BCUT2D eigenvalue weighted by Gasteiger charge is 2.55. The second kappa shape index (κ2) is 4.41. The van der Waals surface area contributed by atoms with Gasteiger partial charge in [-0.1, -0.05) is 12.5 Å². The molecule has 2 fully saturated rings. The standard InChI is InChI=1S/C16H21NO2/c17-16(15-11-3-1-4-12(11)15)10-5-6-13-14(9-10)19-8-2-7-18-13/h5-6,9,11-12,15-16H,1-4,7-8,17H2. The maximum atomic E-state index is 6.47. The average Bonchev–Trinajstić information content (AvgIpc) is 3.02. The minimum absolute atomic E-state index is 0.174. The van der Waals surface area contributed by atoms with Crippen molar-refractivity contribution in [3.8, 4) is 11.5 Å². The van der Waals surface area contributed by atoms with Gasteiger partial charge in [0.1, 0.15) is 0 Å². The molecule has 3 atom stereocenters. The lowest BCUT2D eigenvalue weighted by Gasteiger charge is -2.16. The van der Waals surface area contributed by atoms with E-state index in [1.807, 2.05) is 6.07 Å². The van der Waals surface area contributed by atoms with Crippen molar-refractivity contribution in [2.75, 3.05) is 13.2 Å². The van der Waals surface area contributed by atoms with Crippen molar-refractivity contribution in [1.82, 2.24) is 0 Å². The van der Waals surface area contributed by atoms with Crippen LogP contribution in [0.2, 0.25) is 0 Å². The first-order valence-electron chi connectivity index (χ1n) is 7.50. The van der Waals surface area contributed by atoms with Gasteiger partial charge in [-0.2, -0.15) is 0 Å². The Labute approximate surface area is 114 Å². The van der Waals surface area contributed by atoms with Crippen LogP contribution in [-0.4, -0.2) is 13.2 Å². The van der Waals surface area contributed by atoms with E-state index in [1.54, 1.807) is 0 Å². The van der Waals surface area contributed by atoms with Crippen molar-refractivity contribution >= 4 is 0 Å². The lowest BCUT2D eigenvalue weighted by molar-refractivity contribution is 0.297. The van der Waals surface area contributed by atoms with Crippen LogP contribution in [0.4, 0.5) is 0 Å². The SMILES string of the molecule is NC(c1ccc2c(c1)OCCCO2)C1C2CCCC21. The second-order valence-electron chi connectivity index (χ2n) is 6.12. The molecule has 1 aromatic rings. The van der Waals surface area contributed by atoms with Crippen LogP contribution in [-0.2, 0) is 0 Å². The average molecular weight is 259 g/mol. The van der Waals surface area contributed by atoms with Gasteiger partial charge in [0.25, 0.3) is 0 Å². The summed E-state index contributed by atoms with van der Waals surface area (Å²) >= 11 is 0. The van der Waals surface area contributed by atoms with E-state index in [4.69, 9.17) is 15.2 Å². The molecule has 0 amide bonds. The predicted molar refractivity (Wildman–Crippen MR) is 73.3 cm³/mol. The third kappa shape index (κ3) is 1.91. The Balaban J connectivity index is 1.56. The topological polar surface area (TPSA) is 44.5 Å². The molecule has 2 aliphatic carbocycles. The molecule has 19 heavy (non-hydrogen) atoms. The van der Waals surface area contributed by atoms with Gasteiger partial charge in [0.2, 0.25) is 0 Å². The van der Waals surface area contributed by atoms with E-state index in [2.05, 4.69) is 12.1 Å². The molecule has 4 rings (SSSR count). The lowest BCUT2D eigenvalue weighted by Crippen LogP contribution is -2.15. The molecule has 3 aliphatic rings. The van der Waals surface area contributed by atoms with Crippen LogP contribution in [0.3, 0.4) is 0 Å². The van der Waals surface area contributed by atoms with Gasteiger partial charge in [0.05, 0.1) is 13.2 Å². The third-order valence-corrected chi connectivity index (χ3v) is 5.04. The Morgan fingerprint density at radius 2 is 1.74 bits per heavy atom. The molecule has 2 N–H and O–H groups in total. The summed E-state index contributed by atoms with van der Waals surface area (Å²) in [6.45, 7) is 1.48. The molecular weight excluding hydrogens is 238 g/mol. The second-order valence-corrected chi connectivity index (χ2v) is 6.12. The highest BCUT2D eigenvalue weighted by molar-refractivity contribution is 5.44. The van der Waals surface area contributed by atoms with Crippen LogP contribution < -0.4 is 15.2 Å². The van der Waals surface area contributed by atoms with Gasteiger partial charge in [0.15, 0.2) is 11.5 Å². The Morgan fingerprint density at radius 3 is 2.53 bits per heavy atom. The zero-order chi connectivity index (χ0) is 12.8. The summed E-state index contributed by atoms with van der Waals surface area (Å²) in [7, 11) is 0. The molecule has 0 bridgehead atoms. The van der Waals surface area contributed by atoms with Crippen molar-refractivity contribution < 1.29 is 9.47 Å². The van der Waals surface area contributed by atoms with Gasteiger partial charge >= 0.3 is 0 Å². The molecule has 2 saturated carbocycles. The van der Waals surface area contributed by atoms with E-state index in [0.29, 0.717) is 5.92 Å². The van der Waals surface area contributed by atoms with Gasteiger partial charge in [-0.05, 0) is 48.3 Å². The molecule has 0 radical (unpaired) electrons. The highest BCUT2D eigenvalue weighted by Crippen LogP contribution is 2.61. The smallest absolute Gasteiger partial charge is 0.161 e. The van der Waals surface area contributed by atoms with Crippen molar-refractivity contribution in [3.63, 3.8) is 0 Å². The number of benzene rings is 1. The largest absolute Gasteiger partial charge is 0.490 e. The van der Waals surface area contributed by atoms with E-state index < -0.39 is 0 Å². The fraction of sp³-hybridized carbons (Fsp3) is 0.625. The van der Waals surface area contributed by atoms with Crippen LogP contribution in [0.5, 0.6) is 11.5 Å². The highest BCUT2D eigenvalue weighted by atomic mass is 16.5. The van der Waals surface area contributed by atoms with Crippen molar-refractivity contribution in [1.29, 1.82) is 0 Å². The van der Waals surface area contributed by atoms with E-state index in [9.17, 15) is 0 Å². The van der Waals surface area contributed by atoms with Crippen molar-refractivity contribution in [3.05, 3.63) is 23.8 Å². The Kier molecular flexibility index (Phi) is 2.69. The molecule has 0 aromatic heterocycles. The normalized spacial score (nSPS) is 33.4. The van der Waals surface area contributed by atoms with Gasteiger partial charge in [0, 0.05) is 12.5 Å². The first-order chi connectivity index (χ1) is 9.34. The summed E-state index contributed by atoms with van der Waals surface area (Å²) in [5, 5.41) is 0. The van der Waals surface area contributed by atoms with E-state index in [0.717, 1.165) is 43.0 Å². The number of nitrogens with two attached hydrogens (primary N) is 1. The molecule has 1 aliphatic heterocycles. The molecule has 1 heterocycles.